The highest BCUT2D eigenvalue weighted by atomic mass is 32.2. The molecule has 0 spiro atoms. The molecule has 7 nitrogen and oxygen atoms in total. The Bertz CT molecular complexity index is 739. The summed E-state index contributed by atoms with van der Waals surface area (Å²) in [5.74, 6) is 0.689. The average molecular weight is 410 g/mol. The minimum Gasteiger partial charge on any atom is -0.494 e. The Hall–Kier alpha value is -1.64. The van der Waals surface area contributed by atoms with E-state index in [-0.39, 0.29) is 29.8 Å². The van der Waals surface area contributed by atoms with E-state index in [2.05, 4.69) is 5.32 Å². The zero-order chi connectivity index (χ0) is 20.0. The Morgan fingerprint density at radius 1 is 1.18 bits per heavy atom. The predicted molar refractivity (Wildman–Crippen MR) is 108 cm³/mol. The Labute approximate surface area is 168 Å². The van der Waals surface area contributed by atoms with Gasteiger partial charge in [0.25, 0.3) is 0 Å². The van der Waals surface area contributed by atoms with Crippen LogP contribution in [0.3, 0.4) is 0 Å². The van der Waals surface area contributed by atoms with E-state index in [1.54, 1.807) is 28.6 Å². The molecule has 1 aromatic rings. The second-order valence-electron chi connectivity index (χ2n) is 7.34. The summed E-state index contributed by atoms with van der Waals surface area (Å²) in [6.07, 6.45) is 4.01. The van der Waals surface area contributed by atoms with Crippen LogP contribution in [0.15, 0.2) is 29.2 Å². The van der Waals surface area contributed by atoms with E-state index < -0.39 is 10.0 Å². The maximum atomic E-state index is 13.3. The summed E-state index contributed by atoms with van der Waals surface area (Å²) in [7, 11) is -3.65. The van der Waals surface area contributed by atoms with Crippen LogP contribution in [-0.4, -0.2) is 68.9 Å². The van der Waals surface area contributed by atoms with Crippen molar-refractivity contribution in [2.75, 3.05) is 39.3 Å². The standard InChI is InChI=1S/C20H31N3O4S/c1-2-27-18-7-9-19(10-8-18)28(25,26)23(17-5-3-4-6-17)14-11-20(24)22-15-12-21-13-16-22/h7-10,17,21H,2-6,11-16H2,1H3. The van der Waals surface area contributed by atoms with Gasteiger partial charge in [-0.15, -0.1) is 0 Å². The van der Waals surface area contributed by atoms with Crippen molar-refractivity contribution in [3.63, 3.8) is 0 Å². The van der Waals surface area contributed by atoms with Gasteiger partial charge in [0.15, 0.2) is 0 Å². The summed E-state index contributed by atoms with van der Waals surface area (Å²) in [4.78, 5) is 14.6. The van der Waals surface area contributed by atoms with Crippen LogP contribution in [0.1, 0.15) is 39.0 Å². The van der Waals surface area contributed by atoms with Crippen LogP contribution in [0.4, 0.5) is 0 Å². The first-order valence-electron chi connectivity index (χ1n) is 10.3. The molecule has 1 heterocycles. The third kappa shape index (κ3) is 5.04. The molecule has 1 N–H and O–H groups in total. The van der Waals surface area contributed by atoms with E-state index in [1.165, 1.54) is 0 Å². The number of benzene rings is 1. The number of hydrogen-bond donors (Lipinski definition) is 1. The van der Waals surface area contributed by atoms with E-state index in [9.17, 15) is 13.2 Å². The molecule has 2 aliphatic rings. The number of carbonyl (C=O) groups excluding carboxylic acids is 1. The smallest absolute Gasteiger partial charge is 0.243 e. The van der Waals surface area contributed by atoms with Gasteiger partial charge in [-0.2, -0.15) is 4.31 Å². The minimum absolute atomic E-state index is 0.0209. The summed E-state index contributed by atoms with van der Waals surface area (Å²) < 4.78 is 33.6. The molecule has 28 heavy (non-hydrogen) atoms. The van der Waals surface area contributed by atoms with Crippen LogP contribution in [0.5, 0.6) is 5.75 Å². The van der Waals surface area contributed by atoms with Crippen LogP contribution < -0.4 is 10.1 Å². The number of amides is 1. The van der Waals surface area contributed by atoms with Gasteiger partial charge in [-0.3, -0.25) is 4.79 Å². The normalized spacial score (nSPS) is 18.6. The molecular weight excluding hydrogens is 378 g/mol. The first-order valence-corrected chi connectivity index (χ1v) is 11.7. The first kappa shape index (κ1) is 21.1. The van der Waals surface area contributed by atoms with Crippen molar-refractivity contribution in [3.05, 3.63) is 24.3 Å². The Morgan fingerprint density at radius 3 is 2.43 bits per heavy atom. The van der Waals surface area contributed by atoms with Gasteiger partial charge in [0, 0.05) is 45.2 Å². The highest BCUT2D eigenvalue weighted by Gasteiger charge is 2.34. The molecule has 1 saturated carbocycles. The second kappa shape index (κ2) is 9.71. The van der Waals surface area contributed by atoms with E-state index in [1.807, 2.05) is 11.8 Å². The van der Waals surface area contributed by atoms with Crippen molar-refractivity contribution in [1.82, 2.24) is 14.5 Å². The summed E-state index contributed by atoms with van der Waals surface area (Å²) in [5.41, 5.74) is 0. The number of hydrogen-bond acceptors (Lipinski definition) is 5. The quantitative estimate of drug-likeness (QED) is 0.709. The van der Waals surface area contributed by atoms with E-state index in [0.717, 1.165) is 38.8 Å². The number of carbonyl (C=O) groups is 1. The van der Waals surface area contributed by atoms with Gasteiger partial charge in [0.1, 0.15) is 5.75 Å². The highest BCUT2D eigenvalue weighted by molar-refractivity contribution is 7.89. The number of sulfonamides is 1. The number of rotatable bonds is 8. The third-order valence-corrected chi connectivity index (χ3v) is 7.46. The molecule has 0 atom stereocenters. The Kier molecular flexibility index (Phi) is 7.31. The molecule has 2 fully saturated rings. The van der Waals surface area contributed by atoms with Gasteiger partial charge in [0.05, 0.1) is 11.5 Å². The number of piperazine rings is 1. The largest absolute Gasteiger partial charge is 0.494 e. The first-order chi connectivity index (χ1) is 13.5. The van der Waals surface area contributed by atoms with Crippen molar-refractivity contribution >= 4 is 15.9 Å². The lowest BCUT2D eigenvalue weighted by molar-refractivity contribution is -0.131. The lowest BCUT2D eigenvalue weighted by atomic mass is 10.2. The average Bonchev–Trinajstić information content (AvgIpc) is 3.23. The van der Waals surface area contributed by atoms with E-state index >= 15 is 0 Å². The summed E-state index contributed by atoms with van der Waals surface area (Å²) in [5, 5.41) is 3.23. The Morgan fingerprint density at radius 2 is 1.82 bits per heavy atom. The molecular formula is C20H31N3O4S. The molecule has 8 heteroatoms. The fraction of sp³-hybridized carbons (Fsp3) is 0.650. The Balaban J connectivity index is 1.73. The third-order valence-electron chi connectivity index (χ3n) is 5.49. The molecule has 3 rings (SSSR count). The van der Waals surface area contributed by atoms with Crippen LogP contribution >= 0.6 is 0 Å². The monoisotopic (exact) mass is 409 g/mol. The van der Waals surface area contributed by atoms with Gasteiger partial charge >= 0.3 is 0 Å². The van der Waals surface area contributed by atoms with Gasteiger partial charge < -0.3 is 15.0 Å². The fourth-order valence-corrected chi connectivity index (χ4v) is 5.67. The molecule has 1 amide bonds. The summed E-state index contributed by atoms with van der Waals surface area (Å²) in [6, 6.07) is 6.55. The lowest BCUT2D eigenvalue weighted by Gasteiger charge is -2.31. The van der Waals surface area contributed by atoms with Crippen LogP contribution in [0.25, 0.3) is 0 Å². The second-order valence-corrected chi connectivity index (χ2v) is 9.23. The number of nitrogens with one attached hydrogen (secondary N) is 1. The zero-order valence-corrected chi connectivity index (χ0v) is 17.4. The predicted octanol–water partition coefficient (Wildman–Crippen LogP) is 1.84. The molecule has 1 aliphatic heterocycles. The molecule has 1 aromatic carbocycles. The number of nitrogens with zero attached hydrogens (tertiary/aromatic N) is 2. The van der Waals surface area contributed by atoms with Crippen molar-refractivity contribution < 1.29 is 17.9 Å². The molecule has 0 unspecified atom stereocenters. The van der Waals surface area contributed by atoms with Gasteiger partial charge in [0.2, 0.25) is 15.9 Å². The molecule has 1 aliphatic carbocycles. The van der Waals surface area contributed by atoms with Crippen molar-refractivity contribution in [2.45, 2.75) is 50.0 Å². The fourth-order valence-electron chi connectivity index (χ4n) is 3.98. The van der Waals surface area contributed by atoms with Crippen molar-refractivity contribution in [2.24, 2.45) is 0 Å². The van der Waals surface area contributed by atoms with Crippen molar-refractivity contribution in [3.8, 4) is 5.75 Å². The van der Waals surface area contributed by atoms with Crippen LogP contribution in [0, 0.1) is 0 Å². The van der Waals surface area contributed by atoms with E-state index in [4.69, 9.17) is 4.74 Å². The lowest BCUT2D eigenvalue weighted by Crippen LogP contribution is -2.48. The molecule has 156 valence electrons. The SMILES string of the molecule is CCOc1ccc(S(=O)(=O)N(CCC(=O)N2CCNCC2)C2CCCC2)cc1. The molecule has 0 radical (unpaired) electrons. The molecule has 0 aromatic heterocycles. The van der Waals surface area contributed by atoms with Crippen LogP contribution in [-0.2, 0) is 14.8 Å². The highest BCUT2D eigenvalue weighted by Crippen LogP contribution is 2.29. The zero-order valence-electron chi connectivity index (χ0n) is 16.6. The maximum absolute atomic E-state index is 13.3. The topological polar surface area (TPSA) is 79.0 Å². The summed E-state index contributed by atoms with van der Waals surface area (Å²) in [6.45, 7) is 5.63. The van der Waals surface area contributed by atoms with Gasteiger partial charge in [-0.25, -0.2) is 8.42 Å². The van der Waals surface area contributed by atoms with Crippen molar-refractivity contribution in [1.29, 1.82) is 0 Å². The van der Waals surface area contributed by atoms with E-state index in [0.29, 0.717) is 25.4 Å². The van der Waals surface area contributed by atoms with Gasteiger partial charge in [-0.1, -0.05) is 12.8 Å². The minimum atomic E-state index is -3.65. The molecule has 1 saturated heterocycles. The summed E-state index contributed by atoms with van der Waals surface area (Å²) >= 11 is 0. The molecule has 0 bridgehead atoms. The van der Waals surface area contributed by atoms with Gasteiger partial charge in [-0.05, 0) is 44.0 Å². The van der Waals surface area contributed by atoms with Crippen LogP contribution in [0.2, 0.25) is 0 Å². The number of ether oxygens (including phenoxy) is 1. The maximum Gasteiger partial charge on any atom is 0.243 e.